The van der Waals surface area contributed by atoms with Crippen LogP contribution in [0.2, 0.25) is 5.02 Å². The standard InChI is InChI=1S/C17H19ClN2O3/c1-12-6-9-23-16(12)17(22)20-8-3-7-19-15(21)11-13-4-2-5-14(18)10-13/h2,4-6,9-10H,3,7-8,11H2,1H3,(H,19,21)(H,20,22). The predicted octanol–water partition coefficient (Wildman–Crippen LogP) is 2.72. The van der Waals surface area contributed by atoms with Gasteiger partial charge in [0.25, 0.3) is 5.91 Å². The Morgan fingerprint density at radius 2 is 1.96 bits per heavy atom. The van der Waals surface area contributed by atoms with Gasteiger partial charge in [-0.05, 0) is 37.1 Å². The maximum absolute atomic E-state index is 11.8. The Kier molecular flexibility index (Phi) is 6.23. The van der Waals surface area contributed by atoms with E-state index in [4.69, 9.17) is 16.0 Å². The van der Waals surface area contributed by atoms with Gasteiger partial charge < -0.3 is 15.1 Å². The summed E-state index contributed by atoms with van der Waals surface area (Å²) < 4.78 is 5.10. The predicted molar refractivity (Wildman–Crippen MR) is 88.6 cm³/mol. The average molecular weight is 335 g/mol. The second kappa shape index (κ2) is 8.39. The summed E-state index contributed by atoms with van der Waals surface area (Å²) in [7, 11) is 0. The Balaban J connectivity index is 1.63. The summed E-state index contributed by atoms with van der Waals surface area (Å²) >= 11 is 5.88. The van der Waals surface area contributed by atoms with Crippen molar-refractivity contribution in [2.24, 2.45) is 0 Å². The number of furan rings is 1. The van der Waals surface area contributed by atoms with E-state index in [0.29, 0.717) is 36.7 Å². The number of nitrogens with one attached hydrogen (secondary N) is 2. The van der Waals surface area contributed by atoms with E-state index >= 15 is 0 Å². The third-order valence-electron chi connectivity index (χ3n) is 3.28. The van der Waals surface area contributed by atoms with Crippen LogP contribution in [0.25, 0.3) is 0 Å². The van der Waals surface area contributed by atoms with Gasteiger partial charge in [-0.1, -0.05) is 23.7 Å². The van der Waals surface area contributed by atoms with Crippen LogP contribution in [-0.2, 0) is 11.2 Å². The summed E-state index contributed by atoms with van der Waals surface area (Å²) in [6.45, 7) is 2.78. The van der Waals surface area contributed by atoms with E-state index in [1.54, 1.807) is 18.2 Å². The van der Waals surface area contributed by atoms with Gasteiger partial charge in [0.2, 0.25) is 5.91 Å². The highest BCUT2D eigenvalue weighted by atomic mass is 35.5. The van der Waals surface area contributed by atoms with Gasteiger partial charge in [0, 0.05) is 23.7 Å². The summed E-state index contributed by atoms with van der Waals surface area (Å²) in [6.07, 6.45) is 2.42. The lowest BCUT2D eigenvalue weighted by molar-refractivity contribution is -0.120. The first-order valence-electron chi connectivity index (χ1n) is 7.39. The lowest BCUT2D eigenvalue weighted by Gasteiger charge is -2.07. The molecule has 0 fully saturated rings. The largest absolute Gasteiger partial charge is 0.459 e. The van der Waals surface area contributed by atoms with E-state index in [-0.39, 0.29) is 11.8 Å². The number of hydrogen-bond donors (Lipinski definition) is 2. The number of aryl methyl sites for hydroxylation is 1. The van der Waals surface area contributed by atoms with Gasteiger partial charge in [-0.3, -0.25) is 9.59 Å². The third kappa shape index (κ3) is 5.45. The minimum Gasteiger partial charge on any atom is -0.459 e. The van der Waals surface area contributed by atoms with Crippen LogP contribution in [0.15, 0.2) is 41.0 Å². The Bertz CT molecular complexity index is 682. The van der Waals surface area contributed by atoms with Crippen molar-refractivity contribution in [3.63, 3.8) is 0 Å². The van der Waals surface area contributed by atoms with Crippen LogP contribution in [0.4, 0.5) is 0 Å². The summed E-state index contributed by atoms with van der Waals surface area (Å²) in [6, 6.07) is 8.96. The van der Waals surface area contributed by atoms with Gasteiger partial charge in [0.15, 0.2) is 5.76 Å². The van der Waals surface area contributed by atoms with Gasteiger partial charge in [-0.2, -0.15) is 0 Å². The molecule has 2 aromatic rings. The van der Waals surface area contributed by atoms with Gasteiger partial charge in [-0.15, -0.1) is 0 Å². The molecule has 2 amide bonds. The van der Waals surface area contributed by atoms with Crippen LogP contribution in [0.5, 0.6) is 0 Å². The van der Waals surface area contributed by atoms with Crippen LogP contribution in [-0.4, -0.2) is 24.9 Å². The maximum Gasteiger partial charge on any atom is 0.287 e. The fourth-order valence-electron chi connectivity index (χ4n) is 2.10. The first-order valence-corrected chi connectivity index (χ1v) is 7.77. The second-order valence-corrected chi connectivity index (χ2v) is 5.64. The Hall–Kier alpha value is -2.27. The molecule has 1 heterocycles. The van der Waals surface area contributed by atoms with E-state index in [1.165, 1.54) is 6.26 Å². The van der Waals surface area contributed by atoms with Crippen molar-refractivity contribution in [1.29, 1.82) is 0 Å². The molecule has 0 aliphatic carbocycles. The van der Waals surface area contributed by atoms with E-state index in [9.17, 15) is 9.59 Å². The fourth-order valence-corrected chi connectivity index (χ4v) is 2.31. The number of halogens is 1. The maximum atomic E-state index is 11.8. The molecule has 0 bridgehead atoms. The SMILES string of the molecule is Cc1ccoc1C(=O)NCCCNC(=O)Cc1cccc(Cl)c1. The number of rotatable bonds is 7. The molecule has 0 aliphatic rings. The molecule has 0 saturated heterocycles. The minimum atomic E-state index is -0.238. The first-order chi connectivity index (χ1) is 11.1. The van der Waals surface area contributed by atoms with Gasteiger partial charge in [0.05, 0.1) is 12.7 Å². The average Bonchev–Trinajstić information content (AvgIpc) is 2.93. The van der Waals surface area contributed by atoms with Crippen LogP contribution in [0.1, 0.15) is 28.1 Å². The number of carbonyl (C=O) groups excluding carboxylic acids is 2. The van der Waals surface area contributed by atoms with E-state index in [2.05, 4.69) is 10.6 Å². The second-order valence-electron chi connectivity index (χ2n) is 5.20. The zero-order valence-electron chi connectivity index (χ0n) is 12.9. The Morgan fingerprint density at radius 1 is 1.17 bits per heavy atom. The molecule has 23 heavy (non-hydrogen) atoms. The third-order valence-corrected chi connectivity index (χ3v) is 3.52. The normalized spacial score (nSPS) is 10.3. The van der Waals surface area contributed by atoms with Crippen molar-refractivity contribution < 1.29 is 14.0 Å². The molecule has 0 aliphatic heterocycles. The van der Waals surface area contributed by atoms with Crippen molar-refractivity contribution in [3.8, 4) is 0 Å². The Morgan fingerprint density at radius 3 is 2.65 bits per heavy atom. The lowest BCUT2D eigenvalue weighted by atomic mass is 10.1. The van der Waals surface area contributed by atoms with E-state index < -0.39 is 0 Å². The van der Waals surface area contributed by atoms with Crippen molar-refractivity contribution >= 4 is 23.4 Å². The van der Waals surface area contributed by atoms with E-state index in [1.807, 2.05) is 19.1 Å². The molecular weight excluding hydrogens is 316 g/mol. The van der Waals surface area contributed by atoms with Crippen LogP contribution < -0.4 is 10.6 Å². The number of carbonyl (C=O) groups is 2. The number of hydrogen-bond acceptors (Lipinski definition) is 3. The van der Waals surface area contributed by atoms with Crippen molar-refractivity contribution in [2.45, 2.75) is 19.8 Å². The quantitative estimate of drug-likeness (QED) is 0.765. The molecule has 0 saturated carbocycles. The summed E-state index contributed by atoms with van der Waals surface area (Å²) in [5, 5.41) is 6.19. The van der Waals surface area contributed by atoms with Crippen molar-refractivity contribution in [3.05, 3.63) is 58.5 Å². The topological polar surface area (TPSA) is 71.3 Å². The van der Waals surface area contributed by atoms with E-state index in [0.717, 1.165) is 11.1 Å². The molecule has 0 atom stereocenters. The Labute approximate surface area is 140 Å². The smallest absolute Gasteiger partial charge is 0.287 e. The van der Waals surface area contributed by atoms with Gasteiger partial charge >= 0.3 is 0 Å². The molecule has 1 aromatic heterocycles. The first kappa shape index (κ1) is 17.1. The molecule has 0 unspecified atom stereocenters. The molecule has 2 rings (SSSR count). The van der Waals surface area contributed by atoms with Crippen molar-refractivity contribution in [1.82, 2.24) is 10.6 Å². The summed E-state index contributed by atoms with van der Waals surface area (Å²) in [5.74, 6) is 0.0215. The molecule has 0 spiro atoms. The zero-order valence-corrected chi connectivity index (χ0v) is 13.7. The highest BCUT2D eigenvalue weighted by molar-refractivity contribution is 6.30. The molecular formula is C17H19ClN2O3. The summed E-state index contributed by atoms with van der Waals surface area (Å²) in [4.78, 5) is 23.6. The van der Waals surface area contributed by atoms with Gasteiger partial charge in [-0.25, -0.2) is 0 Å². The monoisotopic (exact) mass is 334 g/mol. The number of amides is 2. The molecule has 122 valence electrons. The molecule has 6 heteroatoms. The lowest BCUT2D eigenvalue weighted by Crippen LogP contribution is -2.30. The summed E-state index contributed by atoms with van der Waals surface area (Å²) in [5.41, 5.74) is 1.67. The highest BCUT2D eigenvalue weighted by Gasteiger charge is 2.11. The van der Waals surface area contributed by atoms with Crippen LogP contribution >= 0.6 is 11.6 Å². The molecule has 2 N–H and O–H groups in total. The van der Waals surface area contributed by atoms with Crippen LogP contribution in [0.3, 0.4) is 0 Å². The van der Waals surface area contributed by atoms with Crippen LogP contribution in [0, 0.1) is 6.92 Å². The fraction of sp³-hybridized carbons (Fsp3) is 0.294. The zero-order chi connectivity index (χ0) is 16.7. The molecule has 5 nitrogen and oxygen atoms in total. The van der Waals surface area contributed by atoms with Crippen molar-refractivity contribution in [2.75, 3.05) is 13.1 Å². The molecule has 1 aromatic carbocycles. The molecule has 0 radical (unpaired) electrons. The minimum absolute atomic E-state index is 0.0690. The highest BCUT2D eigenvalue weighted by Crippen LogP contribution is 2.11. The van der Waals surface area contributed by atoms with Gasteiger partial charge in [0.1, 0.15) is 0 Å². The number of benzene rings is 1.